The van der Waals surface area contributed by atoms with Crippen molar-refractivity contribution in [1.82, 2.24) is 0 Å². The molecular formula is C20H22O5. The average Bonchev–Trinajstić information content (AvgIpc) is 2.61. The summed E-state index contributed by atoms with van der Waals surface area (Å²) in [7, 11) is 0. The Morgan fingerprint density at radius 1 is 1.00 bits per heavy atom. The van der Waals surface area contributed by atoms with E-state index in [9.17, 15) is 19.8 Å². The molecule has 0 atom stereocenters. The van der Waals surface area contributed by atoms with Crippen LogP contribution in [0.15, 0.2) is 42.5 Å². The van der Waals surface area contributed by atoms with Crippen LogP contribution >= 0.6 is 0 Å². The Hall–Kier alpha value is -2.82. The molecule has 2 aromatic carbocycles. The summed E-state index contributed by atoms with van der Waals surface area (Å²) < 4.78 is 5.38. The third-order valence-electron chi connectivity index (χ3n) is 3.95. The fraction of sp³-hybridized carbons (Fsp3) is 0.300. The highest BCUT2D eigenvalue weighted by Crippen LogP contribution is 2.34. The van der Waals surface area contributed by atoms with Crippen molar-refractivity contribution < 1.29 is 24.5 Å². The highest BCUT2D eigenvalue weighted by molar-refractivity contribution is 5.96. The molecule has 132 valence electrons. The second-order valence-electron chi connectivity index (χ2n) is 5.81. The number of aromatic hydroxyl groups is 1. The van der Waals surface area contributed by atoms with Gasteiger partial charge in [0.1, 0.15) is 11.3 Å². The monoisotopic (exact) mass is 342 g/mol. The number of carboxylic acids is 1. The molecule has 2 aromatic rings. The molecule has 0 aliphatic rings. The van der Waals surface area contributed by atoms with Crippen molar-refractivity contribution in [2.24, 2.45) is 0 Å². The summed E-state index contributed by atoms with van der Waals surface area (Å²) in [6, 6.07) is 10.9. The molecule has 0 heterocycles. The third-order valence-corrected chi connectivity index (χ3v) is 3.95. The van der Waals surface area contributed by atoms with Crippen LogP contribution in [0.5, 0.6) is 11.5 Å². The predicted octanol–water partition coefficient (Wildman–Crippen LogP) is 4.43. The summed E-state index contributed by atoms with van der Waals surface area (Å²) in [5.74, 6) is -1.98. The summed E-state index contributed by atoms with van der Waals surface area (Å²) in [6.07, 6.45) is 4.31. The fourth-order valence-electron chi connectivity index (χ4n) is 2.60. The predicted molar refractivity (Wildman–Crippen MR) is 94.3 cm³/mol. The molecule has 0 unspecified atom stereocenters. The first-order valence-corrected chi connectivity index (χ1v) is 8.40. The number of carbonyl (C=O) groups excluding carboxylic acids is 1. The largest absolute Gasteiger partial charge is 0.508 e. The zero-order valence-electron chi connectivity index (χ0n) is 14.2. The lowest BCUT2D eigenvalue weighted by molar-refractivity contribution is 0.0680. The summed E-state index contributed by atoms with van der Waals surface area (Å²) in [5.41, 5.74) is 0.548. The van der Waals surface area contributed by atoms with E-state index in [1.54, 1.807) is 30.3 Å². The Balaban J connectivity index is 2.33. The van der Waals surface area contributed by atoms with Crippen molar-refractivity contribution in [3.63, 3.8) is 0 Å². The van der Waals surface area contributed by atoms with Crippen LogP contribution in [0.2, 0.25) is 0 Å². The maximum absolute atomic E-state index is 12.3. The van der Waals surface area contributed by atoms with E-state index in [2.05, 4.69) is 6.92 Å². The molecule has 0 aliphatic heterocycles. The zero-order valence-corrected chi connectivity index (χ0v) is 14.2. The number of aromatic carboxylic acids is 1. The average molecular weight is 342 g/mol. The first-order valence-electron chi connectivity index (χ1n) is 8.40. The number of rotatable bonds is 8. The number of hydrogen-bond acceptors (Lipinski definition) is 4. The lowest BCUT2D eigenvalue weighted by Crippen LogP contribution is -2.13. The van der Waals surface area contributed by atoms with Gasteiger partial charge in [0.2, 0.25) is 0 Å². The van der Waals surface area contributed by atoms with Crippen LogP contribution in [0.3, 0.4) is 0 Å². The lowest BCUT2D eigenvalue weighted by atomic mass is 10.0. The number of ether oxygens (including phenoxy) is 1. The van der Waals surface area contributed by atoms with Gasteiger partial charge >= 0.3 is 11.9 Å². The van der Waals surface area contributed by atoms with E-state index in [-0.39, 0.29) is 17.1 Å². The van der Waals surface area contributed by atoms with Crippen LogP contribution in [0, 0.1) is 0 Å². The van der Waals surface area contributed by atoms with Crippen molar-refractivity contribution in [2.75, 3.05) is 0 Å². The van der Waals surface area contributed by atoms with Gasteiger partial charge in [-0.05, 0) is 37.1 Å². The SMILES string of the molecule is CCCCCCc1c(O)ccc(C(=O)O)c1OC(=O)c1ccccc1. The highest BCUT2D eigenvalue weighted by Gasteiger charge is 2.22. The van der Waals surface area contributed by atoms with Crippen molar-refractivity contribution in [3.8, 4) is 11.5 Å². The van der Waals surface area contributed by atoms with E-state index in [1.165, 1.54) is 12.1 Å². The molecule has 0 aromatic heterocycles. The van der Waals surface area contributed by atoms with Gasteiger partial charge in [0.15, 0.2) is 5.75 Å². The molecule has 0 saturated carbocycles. The van der Waals surface area contributed by atoms with Gasteiger partial charge in [-0.1, -0.05) is 44.4 Å². The smallest absolute Gasteiger partial charge is 0.343 e. The summed E-state index contributed by atoms with van der Waals surface area (Å²) in [5, 5.41) is 19.6. The molecule has 0 radical (unpaired) electrons. The maximum atomic E-state index is 12.3. The quantitative estimate of drug-likeness (QED) is 0.421. The normalized spacial score (nSPS) is 10.4. The van der Waals surface area contributed by atoms with Gasteiger partial charge in [0, 0.05) is 5.56 Å². The van der Waals surface area contributed by atoms with E-state index in [1.807, 2.05) is 0 Å². The van der Waals surface area contributed by atoms with Gasteiger partial charge in [0.05, 0.1) is 5.56 Å². The number of phenolic OH excluding ortho intramolecular Hbond substituents is 1. The van der Waals surface area contributed by atoms with E-state index < -0.39 is 11.9 Å². The molecule has 0 spiro atoms. The number of hydrogen-bond donors (Lipinski definition) is 2. The first-order chi connectivity index (χ1) is 12.0. The molecule has 0 fully saturated rings. The van der Waals surface area contributed by atoms with E-state index in [0.29, 0.717) is 17.5 Å². The van der Waals surface area contributed by atoms with Crippen molar-refractivity contribution in [3.05, 3.63) is 59.2 Å². The zero-order chi connectivity index (χ0) is 18.2. The summed E-state index contributed by atoms with van der Waals surface area (Å²) in [6.45, 7) is 2.09. The molecule has 5 nitrogen and oxygen atoms in total. The molecule has 5 heteroatoms. The minimum absolute atomic E-state index is 0.0580. The molecular weight excluding hydrogens is 320 g/mol. The highest BCUT2D eigenvalue weighted by atomic mass is 16.5. The van der Waals surface area contributed by atoms with E-state index in [4.69, 9.17) is 4.74 Å². The first kappa shape index (κ1) is 18.5. The number of carbonyl (C=O) groups is 2. The summed E-state index contributed by atoms with van der Waals surface area (Å²) >= 11 is 0. The van der Waals surface area contributed by atoms with Crippen LogP contribution in [0.1, 0.15) is 58.9 Å². The van der Waals surface area contributed by atoms with Crippen LogP contribution in [-0.2, 0) is 6.42 Å². The minimum atomic E-state index is -1.20. The molecule has 0 amide bonds. The Morgan fingerprint density at radius 2 is 1.72 bits per heavy atom. The Bertz CT molecular complexity index is 737. The Morgan fingerprint density at radius 3 is 2.36 bits per heavy atom. The number of unbranched alkanes of at least 4 members (excludes halogenated alkanes) is 3. The molecule has 25 heavy (non-hydrogen) atoms. The second kappa shape index (κ2) is 8.87. The van der Waals surface area contributed by atoms with E-state index >= 15 is 0 Å². The van der Waals surface area contributed by atoms with Gasteiger partial charge < -0.3 is 14.9 Å². The van der Waals surface area contributed by atoms with E-state index in [0.717, 1.165) is 25.7 Å². The second-order valence-corrected chi connectivity index (χ2v) is 5.81. The van der Waals surface area contributed by atoms with Gasteiger partial charge in [-0.3, -0.25) is 0 Å². The molecule has 0 bridgehead atoms. The third kappa shape index (κ3) is 4.83. The minimum Gasteiger partial charge on any atom is -0.508 e. The lowest BCUT2D eigenvalue weighted by Gasteiger charge is -2.14. The molecule has 0 aliphatic carbocycles. The topological polar surface area (TPSA) is 83.8 Å². The standard InChI is InChI=1S/C20H22O5/c1-2-3-4-8-11-15-17(21)13-12-16(19(22)23)18(15)25-20(24)14-9-6-5-7-10-14/h5-7,9-10,12-13,21H,2-4,8,11H2,1H3,(H,22,23). The van der Waals surface area contributed by atoms with Crippen molar-refractivity contribution >= 4 is 11.9 Å². The summed E-state index contributed by atoms with van der Waals surface area (Å²) in [4.78, 5) is 23.8. The molecule has 2 rings (SSSR count). The van der Waals surface area contributed by atoms with Crippen LogP contribution in [-0.4, -0.2) is 22.2 Å². The molecule has 2 N–H and O–H groups in total. The van der Waals surface area contributed by atoms with Gasteiger partial charge in [-0.2, -0.15) is 0 Å². The van der Waals surface area contributed by atoms with Gasteiger partial charge in [-0.15, -0.1) is 0 Å². The van der Waals surface area contributed by atoms with Crippen molar-refractivity contribution in [2.45, 2.75) is 39.0 Å². The van der Waals surface area contributed by atoms with Crippen LogP contribution < -0.4 is 4.74 Å². The Kier molecular flexibility index (Phi) is 6.57. The Labute approximate surface area is 146 Å². The number of phenols is 1. The van der Waals surface area contributed by atoms with Crippen LogP contribution in [0.4, 0.5) is 0 Å². The number of carboxylic acid groups (broad SMARTS) is 1. The number of benzene rings is 2. The van der Waals surface area contributed by atoms with Crippen LogP contribution in [0.25, 0.3) is 0 Å². The number of esters is 1. The fourth-order valence-corrected chi connectivity index (χ4v) is 2.60. The van der Waals surface area contributed by atoms with Gasteiger partial charge in [-0.25, -0.2) is 9.59 Å². The molecule has 0 saturated heterocycles. The van der Waals surface area contributed by atoms with Crippen molar-refractivity contribution in [1.29, 1.82) is 0 Å². The maximum Gasteiger partial charge on any atom is 0.343 e. The van der Waals surface area contributed by atoms with Gasteiger partial charge in [0.25, 0.3) is 0 Å².